The molecule has 0 aliphatic rings. The topological polar surface area (TPSA) is 43.6 Å². The molecular formula is C12H15FN4. The monoisotopic (exact) mass is 234 g/mol. The lowest BCUT2D eigenvalue weighted by Crippen LogP contribution is -1.96. The van der Waals surface area contributed by atoms with Gasteiger partial charge in [0.05, 0.1) is 23.7 Å². The number of aromatic nitrogens is 4. The third-order valence-electron chi connectivity index (χ3n) is 2.75. The molecule has 0 aliphatic carbocycles. The van der Waals surface area contributed by atoms with Crippen LogP contribution in [0.4, 0.5) is 4.39 Å². The largest absolute Gasteiger partial charge is 0.272 e. The average molecular weight is 234 g/mol. The first-order chi connectivity index (χ1) is 8.00. The summed E-state index contributed by atoms with van der Waals surface area (Å²) in [6.07, 6.45) is 2.36. The van der Waals surface area contributed by atoms with Crippen molar-refractivity contribution in [2.45, 2.75) is 26.7 Å². The highest BCUT2D eigenvalue weighted by atomic mass is 19.1. The SMILES string of the molecule is Cc1c(-c2ncc(F)cn2)c(C(C)C)nn1C. The molecule has 0 atom stereocenters. The molecule has 0 saturated heterocycles. The van der Waals surface area contributed by atoms with Gasteiger partial charge in [-0.25, -0.2) is 14.4 Å². The van der Waals surface area contributed by atoms with Crippen molar-refractivity contribution in [1.29, 1.82) is 0 Å². The molecule has 0 spiro atoms. The Labute approximate surface area is 99.5 Å². The number of nitrogens with zero attached hydrogens (tertiary/aromatic N) is 4. The van der Waals surface area contributed by atoms with Crippen LogP contribution < -0.4 is 0 Å². The molecule has 2 rings (SSSR count). The number of halogens is 1. The second-order valence-electron chi connectivity index (χ2n) is 4.35. The Morgan fingerprint density at radius 3 is 2.35 bits per heavy atom. The Balaban J connectivity index is 2.61. The number of rotatable bonds is 2. The molecule has 0 N–H and O–H groups in total. The van der Waals surface area contributed by atoms with Gasteiger partial charge in [-0.1, -0.05) is 13.8 Å². The van der Waals surface area contributed by atoms with E-state index in [4.69, 9.17) is 0 Å². The Kier molecular flexibility index (Phi) is 2.92. The van der Waals surface area contributed by atoms with E-state index < -0.39 is 5.82 Å². The first-order valence-electron chi connectivity index (χ1n) is 5.52. The normalized spacial score (nSPS) is 11.2. The van der Waals surface area contributed by atoms with Gasteiger partial charge < -0.3 is 0 Å². The summed E-state index contributed by atoms with van der Waals surface area (Å²) >= 11 is 0. The molecule has 2 aromatic rings. The zero-order chi connectivity index (χ0) is 12.6. The minimum absolute atomic E-state index is 0.276. The van der Waals surface area contributed by atoms with Crippen LogP contribution in [0.25, 0.3) is 11.4 Å². The van der Waals surface area contributed by atoms with E-state index in [1.165, 1.54) is 12.4 Å². The van der Waals surface area contributed by atoms with E-state index in [9.17, 15) is 4.39 Å². The fourth-order valence-corrected chi connectivity index (χ4v) is 1.76. The van der Waals surface area contributed by atoms with Crippen LogP contribution in [-0.2, 0) is 7.05 Å². The molecule has 17 heavy (non-hydrogen) atoms. The van der Waals surface area contributed by atoms with Crippen LogP contribution in [0.5, 0.6) is 0 Å². The third-order valence-corrected chi connectivity index (χ3v) is 2.75. The lowest BCUT2D eigenvalue weighted by Gasteiger charge is -2.04. The van der Waals surface area contributed by atoms with Crippen molar-refractivity contribution in [3.05, 3.63) is 29.6 Å². The highest BCUT2D eigenvalue weighted by molar-refractivity contribution is 5.62. The van der Waals surface area contributed by atoms with Gasteiger partial charge in [0, 0.05) is 12.7 Å². The summed E-state index contributed by atoms with van der Waals surface area (Å²) in [7, 11) is 1.88. The van der Waals surface area contributed by atoms with E-state index in [-0.39, 0.29) is 5.92 Å². The maximum atomic E-state index is 12.8. The molecule has 0 amide bonds. The van der Waals surface area contributed by atoms with Crippen LogP contribution in [0.1, 0.15) is 31.2 Å². The van der Waals surface area contributed by atoms with Crippen molar-refractivity contribution >= 4 is 0 Å². The highest BCUT2D eigenvalue weighted by Crippen LogP contribution is 2.28. The van der Waals surface area contributed by atoms with E-state index in [2.05, 4.69) is 28.9 Å². The Morgan fingerprint density at radius 2 is 1.82 bits per heavy atom. The molecule has 0 aromatic carbocycles. The summed E-state index contributed by atoms with van der Waals surface area (Å²) < 4.78 is 14.6. The van der Waals surface area contributed by atoms with Gasteiger partial charge >= 0.3 is 0 Å². The zero-order valence-electron chi connectivity index (χ0n) is 10.4. The van der Waals surface area contributed by atoms with Crippen LogP contribution in [0, 0.1) is 12.7 Å². The van der Waals surface area contributed by atoms with Gasteiger partial charge in [-0.3, -0.25) is 4.68 Å². The number of hydrogen-bond donors (Lipinski definition) is 0. The standard InChI is InChI=1S/C12H15FN4/c1-7(2)11-10(8(3)17(4)16-11)12-14-5-9(13)6-15-12/h5-7H,1-4H3. The summed E-state index contributed by atoms with van der Waals surface area (Å²) in [6, 6.07) is 0. The third kappa shape index (κ3) is 2.05. The van der Waals surface area contributed by atoms with Crippen LogP contribution in [-0.4, -0.2) is 19.7 Å². The first-order valence-corrected chi connectivity index (χ1v) is 5.52. The molecule has 4 nitrogen and oxygen atoms in total. The van der Waals surface area contributed by atoms with Crippen molar-refractivity contribution in [2.24, 2.45) is 7.05 Å². The Hall–Kier alpha value is -1.78. The molecule has 0 bridgehead atoms. The Bertz CT molecular complexity index is 528. The number of aryl methyl sites for hydroxylation is 1. The zero-order valence-corrected chi connectivity index (χ0v) is 10.4. The average Bonchev–Trinajstić information content (AvgIpc) is 2.57. The van der Waals surface area contributed by atoms with E-state index in [0.717, 1.165) is 17.0 Å². The summed E-state index contributed by atoms with van der Waals surface area (Å²) in [5.41, 5.74) is 2.83. The van der Waals surface area contributed by atoms with E-state index in [0.29, 0.717) is 5.82 Å². The fraction of sp³-hybridized carbons (Fsp3) is 0.417. The van der Waals surface area contributed by atoms with Crippen molar-refractivity contribution in [3.8, 4) is 11.4 Å². The maximum absolute atomic E-state index is 12.8. The predicted octanol–water partition coefficient (Wildman–Crippen LogP) is 2.45. The number of hydrogen-bond acceptors (Lipinski definition) is 3. The smallest absolute Gasteiger partial charge is 0.163 e. The summed E-state index contributed by atoms with van der Waals surface area (Å²) in [5.74, 6) is 0.376. The van der Waals surface area contributed by atoms with E-state index in [1.807, 2.05) is 14.0 Å². The highest BCUT2D eigenvalue weighted by Gasteiger charge is 2.19. The van der Waals surface area contributed by atoms with Gasteiger partial charge in [-0.05, 0) is 12.8 Å². The maximum Gasteiger partial charge on any atom is 0.163 e. The molecule has 5 heteroatoms. The minimum atomic E-state index is -0.429. The van der Waals surface area contributed by atoms with Gasteiger partial charge in [0.1, 0.15) is 0 Å². The molecule has 0 saturated carbocycles. The predicted molar refractivity (Wildman–Crippen MR) is 63.0 cm³/mol. The lowest BCUT2D eigenvalue weighted by molar-refractivity contribution is 0.614. The van der Waals surface area contributed by atoms with Gasteiger partial charge in [-0.2, -0.15) is 5.10 Å². The molecule has 90 valence electrons. The van der Waals surface area contributed by atoms with Gasteiger partial charge in [0.15, 0.2) is 11.6 Å². The second kappa shape index (κ2) is 4.24. The minimum Gasteiger partial charge on any atom is -0.272 e. The first kappa shape index (κ1) is 11.7. The van der Waals surface area contributed by atoms with Gasteiger partial charge in [0.2, 0.25) is 0 Å². The fourth-order valence-electron chi connectivity index (χ4n) is 1.76. The van der Waals surface area contributed by atoms with Gasteiger partial charge in [-0.15, -0.1) is 0 Å². The van der Waals surface area contributed by atoms with Crippen molar-refractivity contribution in [1.82, 2.24) is 19.7 Å². The quantitative estimate of drug-likeness (QED) is 0.801. The molecule has 0 fully saturated rings. The summed E-state index contributed by atoms with van der Waals surface area (Å²) in [6.45, 7) is 6.09. The lowest BCUT2D eigenvalue weighted by atomic mass is 10.0. The van der Waals surface area contributed by atoms with Gasteiger partial charge in [0.25, 0.3) is 0 Å². The van der Waals surface area contributed by atoms with Crippen LogP contribution in [0.2, 0.25) is 0 Å². The molecule has 0 radical (unpaired) electrons. The molecule has 2 heterocycles. The summed E-state index contributed by atoms with van der Waals surface area (Å²) in [4.78, 5) is 8.05. The summed E-state index contributed by atoms with van der Waals surface area (Å²) in [5, 5.41) is 4.45. The molecule has 0 aliphatic heterocycles. The molecular weight excluding hydrogens is 219 g/mol. The van der Waals surface area contributed by atoms with Crippen LogP contribution in [0.3, 0.4) is 0 Å². The molecule has 2 aromatic heterocycles. The van der Waals surface area contributed by atoms with Crippen molar-refractivity contribution in [2.75, 3.05) is 0 Å². The Morgan fingerprint density at radius 1 is 1.24 bits per heavy atom. The molecule has 0 unspecified atom stereocenters. The van der Waals surface area contributed by atoms with E-state index in [1.54, 1.807) is 4.68 Å². The van der Waals surface area contributed by atoms with E-state index >= 15 is 0 Å². The van der Waals surface area contributed by atoms with Crippen LogP contribution in [0.15, 0.2) is 12.4 Å². The van der Waals surface area contributed by atoms with Crippen molar-refractivity contribution in [3.63, 3.8) is 0 Å². The van der Waals surface area contributed by atoms with Crippen molar-refractivity contribution < 1.29 is 4.39 Å². The van der Waals surface area contributed by atoms with Crippen LogP contribution >= 0.6 is 0 Å². The second-order valence-corrected chi connectivity index (χ2v) is 4.35.